The van der Waals surface area contributed by atoms with Gasteiger partial charge in [0, 0.05) is 37.1 Å². The number of thiophene rings is 1. The van der Waals surface area contributed by atoms with E-state index in [0.717, 1.165) is 12.2 Å². The Morgan fingerprint density at radius 3 is 2.90 bits per heavy atom. The summed E-state index contributed by atoms with van der Waals surface area (Å²) in [4.78, 5) is 12.2. The summed E-state index contributed by atoms with van der Waals surface area (Å²) in [6, 6.07) is 6.37. The number of rotatable bonds is 7. The van der Waals surface area contributed by atoms with E-state index in [1.54, 1.807) is 17.4 Å². The molecule has 0 saturated carbocycles. The Kier molecular flexibility index (Phi) is 5.52. The Bertz CT molecular complexity index is 559. The molecule has 0 amide bonds. The molecule has 0 bridgehead atoms. The van der Waals surface area contributed by atoms with Crippen LogP contribution in [0.3, 0.4) is 0 Å². The van der Waals surface area contributed by atoms with Crippen molar-refractivity contribution in [1.29, 1.82) is 0 Å². The fourth-order valence-corrected chi connectivity index (χ4v) is 2.85. The average Bonchev–Trinajstić information content (AvgIpc) is 2.96. The predicted octanol–water partition coefficient (Wildman–Crippen LogP) is 2.72. The van der Waals surface area contributed by atoms with Crippen LogP contribution < -0.4 is 10.6 Å². The number of likely N-dealkylation sites (N-methyl/N-ethyl adjacent to an activating group) is 1. The number of hydrogen-bond acceptors (Lipinski definition) is 6. The molecular formula is C15H22N4OS. The molecule has 0 radical (unpaired) electrons. The first-order valence-corrected chi connectivity index (χ1v) is 7.94. The van der Waals surface area contributed by atoms with E-state index in [1.165, 1.54) is 4.88 Å². The molecule has 2 heterocycles. The van der Waals surface area contributed by atoms with E-state index in [1.807, 2.05) is 14.0 Å². The lowest BCUT2D eigenvalue weighted by Gasteiger charge is -2.26. The summed E-state index contributed by atoms with van der Waals surface area (Å²) in [6.07, 6.45) is 0.985. The highest BCUT2D eigenvalue weighted by Crippen LogP contribution is 2.19. The average molecular weight is 306 g/mol. The van der Waals surface area contributed by atoms with Gasteiger partial charge in [0.1, 0.15) is 18.2 Å². The van der Waals surface area contributed by atoms with Gasteiger partial charge in [-0.25, -0.2) is 9.97 Å². The third-order valence-electron chi connectivity index (χ3n) is 3.31. The fourth-order valence-electron chi connectivity index (χ4n) is 2.02. The highest BCUT2D eigenvalue weighted by molar-refractivity contribution is 7.09. The van der Waals surface area contributed by atoms with Crippen molar-refractivity contribution in [2.75, 3.05) is 24.3 Å². The van der Waals surface area contributed by atoms with Crippen molar-refractivity contribution in [3.8, 4) is 0 Å². The van der Waals surface area contributed by atoms with Crippen LogP contribution in [0, 0.1) is 0 Å². The van der Waals surface area contributed by atoms with Gasteiger partial charge in [-0.15, -0.1) is 11.3 Å². The quantitative estimate of drug-likeness (QED) is 0.852. The van der Waals surface area contributed by atoms with E-state index >= 15 is 0 Å². The van der Waals surface area contributed by atoms with E-state index in [-0.39, 0.29) is 0 Å². The Labute approximate surface area is 129 Å². The Morgan fingerprint density at radius 1 is 1.43 bits per heavy atom. The summed E-state index contributed by atoms with van der Waals surface area (Å²) in [7, 11) is 2.03. The molecule has 2 aromatic rings. The molecule has 0 aliphatic heterocycles. The minimum absolute atomic E-state index is 0.331. The van der Waals surface area contributed by atoms with Gasteiger partial charge in [0.15, 0.2) is 5.82 Å². The van der Waals surface area contributed by atoms with Gasteiger partial charge in [-0.1, -0.05) is 6.07 Å². The number of nitrogens with zero attached hydrogens (tertiary/aromatic N) is 3. The number of nitrogens with two attached hydrogens (primary N) is 1. The summed E-state index contributed by atoms with van der Waals surface area (Å²) >= 11 is 1.78. The largest absolute Gasteiger partial charge is 0.384 e. The number of aromatic nitrogens is 2. The maximum Gasteiger partial charge on any atom is 0.158 e. The molecule has 21 heavy (non-hydrogen) atoms. The van der Waals surface area contributed by atoms with Crippen molar-refractivity contribution in [2.24, 2.45) is 0 Å². The molecule has 1 unspecified atom stereocenters. The molecule has 2 aromatic heterocycles. The third kappa shape index (κ3) is 4.41. The smallest absolute Gasteiger partial charge is 0.158 e. The molecule has 0 spiro atoms. The highest BCUT2D eigenvalue weighted by Gasteiger charge is 2.14. The maximum atomic E-state index is 5.87. The Morgan fingerprint density at radius 2 is 2.24 bits per heavy atom. The topological polar surface area (TPSA) is 64.3 Å². The van der Waals surface area contributed by atoms with Crippen molar-refractivity contribution in [2.45, 2.75) is 32.9 Å². The zero-order chi connectivity index (χ0) is 15.2. The van der Waals surface area contributed by atoms with Crippen LogP contribution >= 0.6 is 11.3 Å². The minimum Gasteiger partial charge on any atom is -0.384 e. The molecule has 114 valence electrons. The van der Waals surface area contributed by atoms with Gasteiger partial charge in [-0.2, -0.15) is 0 Å². The number of ether oxygens (including phenoxy) is 1. The lowest BCUT2D eigenvalue weighted by molar-refractivity contribution is 0.128. The van der Waals surface area contributed by atoms with Crippen LogP contribution in [0.5, 0.6) is 0 Å². The molecule has 0 aromatic carbocycles. The molecule has 0 fully saturated rings. The molecule has 2 rings (SSSR count). The fraction of sp³-hybridized carbons (Fsp3) is 0.467. The standard InChI is InChI=1S/C15H22N4OS/c1-4-20-10-14-17-13(16)9-15(18-14)19(3)11(2)8-12-6-5-7-21-12/h5-7,9,11H,4,8,10H2,1-3H3,(H2,16,17,18). The van der Waals surface area contributed by atoms with Crippen LogP contribution in [0.15, 0.2) is 23.6 Å². The number of anilines is 2. The van der Waals surface area contributed by atoms with Crippen LogP contribution in [0.25, 0.3) is 0 Å². The van der Waals surface area contributed by atoms with Crippen LogP contribution in [0.4, 0.5) is 11.6 Å². The van der Waals surface area contributed by atoms with Crippen molar-refractivity contribution in [3.63, 3.8) is 0 Å². The van der Waals surface area contributed by atoms with Crippen molar-refractivity contribution >= 4 is 23.0 Å². The lowest BCUT2D eigenvalue weighted by Crippen LogP contribution is -2.31. The Balaban J connectivity index is 2.10. The summed E-state index contributed by atoms with van der Waals surface area (Å²) in [6.45, 7) is 5.16. The summed E-state index contributed by atoms with van der Waals surface area (Å²) in [5.74, 6) is 1.94. The summed E-state index contributed by atoms with van der Waals surface area (Å²) in [5, 5.41) is 2.10. The minimum atomic E-state index is 0.331. The molecule has 0 aliphatic rings. The molecular weight excluding hydrogens is 284 g/mol. The SMILES string of the molecule is CCOCc1nc(N)cc(N(C)C(C)Cc2cccs2)n1. The van der Waals surface area contributed by atoms with Crippen molar-refractivity contribution in [1.82, 2.24) is 9.97 Å². The van der Waals surface area contributed by atoms with E-state index < -0.39 is 0 Å². The first-order valence-electron chi connectivity index (χ1n) is 7.06. The molecule has 0 saturated heterocycles. The monoisotopic (exact) mass is 306 g/mol. The second kappa shape index (κ2) is 7.38. The van der Waals surface area contributed by atoms with E-state index in [9.17, 15) is 0 Å². The molecule has 2 N–H and O–H groups in total. The summed E-state index contributed by atoms with van der Waals surface area (Å²) < 4.78 is 5.36. The van der Waals surface area contributed by atoms with Crippen molar-refractivity contribution < 1.29 is 4.74 Å². The molecule has 5 nitrogen and oxygen atoms in total. The number of hydrogen-bond donors (Lipinski definition) is 1. The highest BCUT2D eigenvalue weighted by atomic mass is 32.1. The van der Waals surface area contributed by atoms with E-state index in [2.05, 4.69) is 39.3 Å². The van der Waals surface area contributed by atoms with Gasteiger partial charge < -0.3 is 15.4 Å². The second-order valence-electron chi connectivity index (χ2n) is 4.95. The maximum absolute atomic E-state index is 5.87. The first kappa shape index (κ1) is 15.7. The van der Waals surface area contributed by atoms with E-state index in [0.29, 0.717) is 30.9 Å². The second-order valence-corrected chi connectivity index (χ2v) is 5.98. The van der Waals surface area contributed by atoms with Crippen LogP contribution in [-0.2, 0) is 17.8 Å². The lowest BCUT2D eigenvalue weighted by atomic mass is 10.2. The van der Waals surface area contributed by atoms with Crippen molar-refractivity contribution in [3.05, 3.63) is 34.3 Å². The van der Waals surface area contributed by atoms with Gasteiger partial charge >= 0.3 is 0 Å². The molecule has 1 atom stereocenters. The van der Waals surface area contributed by atoms with Crippen LogP contribution in [-0.4, -0.2) is 29.7 Å². The zero-order valence-electron chi connectivity index (χ0n) is 12.7. The van der Waals surface area contributed by atoms with Gasteiger partial charge in [-0.3, -0.25) is 0 Å². The van der Waals surface area contributed by atoms with Crippen LogP contribution in [0.2, 0.25) is 0 Å². The first-order chi connectivity index (χ1) is 10.1. The number of nitrogen functional groups attached to an aromatic ring is 1. The third-order valence-corrected chi connectivity index (χ3v) is 4.21. The van der Waals surface area contributed by atoms with Gasteiger partial charge in [0.25, 0.3) is 0 Å². The van der Waals surface area contributed by atoms with Crippen LogP contribution in [0.1, 0.15) is 24.5 Å². The summed E-state index contributed by atoms with van der Waals surface area (Å²) in [5.41, 5.74) is 5.87. The van der Waals surface area contributed by atoms with Gasteiger partial charge in [-0.05, 0) is 25.3 Å². The predicted molar refractivity (Wildman–Crippen MR) is 87.7 cm³/mol. The van der Waals surface area contributed by atoms with Gasteiger partial charge in [0.2, 0.25) is 0 Å². The molecule has 6 heteroatoms. The normalized spacial score (nSPS) is 12.3. The molecule has 0 aliphatic carbocycles. The van der Waals surface area contributed by atoms with E-state index in [4.69, 9.17) is 10.5 Å². The Hall–Kier alpha value is -1.66. The van der Waals surface area contributed by atoms with Gasteiger partial charge in [0.05, 0.1) is 0 Å². The zero-order valence-corrected chi connectivity index (χ0v) is 13.6.